The van der Waals surface area contributed by atoms with E-state index in [2.05, 4.69) is 48.1 Å². The van der Waals surface area contributed by atoms with Gasteiger partial charge in [-0.15, -0.1) is 0 Å². The molecule has 1 saturated carbocycles. The molecule has 2 fully saturated rings. The molecule has 6 heteroatoms. The van der Waals surface area contributed by atoms with E-state index >= 15 is 0 Å². The van der Waals surface area contributed by atoms with Gasteiger partial charge in [-0.3, -0.25) is 0 Å². The molecule has 2 unspecified atom stereocenters. The molecule has 0 spiro atoms. The minimum absolute atomic E-state index is 0.341. The Labute approximate surface area is 174 Å². The first-order valence-electron chi connectivity index (χ1n) is 10.6. The molecular formula is C22H35N3O2S. The van der Waals surface area contributed by atoms with Crippen molar-refractivity contribution in [1.82, 2.24) is 10.6 Å². The number of thioether (sulfide) groups is 1. The van der Waals surface area contributed by atoms with E-state index < -0.39 is 0 Å². The van der Waals surface area contributed by atoms with Crippen LogP contribution in [-0.4, -0.2) is 49.4 Å². The van der Waals surface area contributed by atoms with E-state index in [-0.39, 0.29) is 0 Å². The summed E-state index contributed by atoms with van der Waals surface area (Å²) < 4.78 is 11.4. The summed E-state index contributed by atoms with van der Waals surface area (Å²) in [6, 6.07) is 9.18. The van der Waals surface area contributed by atoms with Crippen LogP contribution in [0, 0.1) is 0 Å². The fraction of sp³-hybridized carbons (Fsp3) is 0.682. The second-order valence-corrected chi connectivity index (χ2v) is 8.78. The standard InChI is InChI=1S/C22H35N3O2S/c1-3-23-22(25-19-8-9-21(14-19)28-2)24-15-17-4-6-18(7-5-17)16-27-20-10-12-26-13-11-20/h4-7,19-21H,3,8-16H2,1-2H3,(H2,23,24,25). The average Bonchev–Trinajstić information content (AvgIpc) is 3.20. The third-order valence-electron chi connectivity index (χ3n) is 5.50. The highest BCUT2D eigenvalue weighted by molar-refractivity contribution is 7.99. The number of benzene rings is 1. The van der Waals surface area contributed by atoms with Crippen LogP contribution in [0.15, 0.2) is 29.3 Å². The van der Waals surface area contributed by atoms with Gasteiger partial charge in [0, 0.05) is 31.1 Å². The maximum atomic E-state index is 6.00. The Morgan fingerprint density at radius 3 is 2.57 bits per heavy atom. The second-order valence-electron chi connectivity index (χ2n) is 7.65. The third kappa shape index (κ3) is 6.98. The van der Waals surface area contributed by atoms with Crippen molar-refractivity contribution in [1.29, 1.82) is 0 Å². The normalized spacial score (nSPS) is 23.7. The lowest BCUT2D eigenvalue weighted by Gasteiger charge is -2.22. The van der Waals surface area contributed by atoms with E-state index in [1.807, 2.05) is 11.8 Å². The molecule has 1 heterocycles. The molecule has 156 valence electrons. The molecular weight excluding hydrogens is 370 g/mol. The van der Waals surface area contributed by atoms with Crippen LogP contribution < -0.4 is 10.6 Å². The maximum Gasteiger partial charge on any atom is 0.191 e. The summed E-state index contributed by atoms with van der Waals surface area (Å²) in [6.45, 7) is 6.01. The summed E-state index contributed by atoms with van der Waals surface area (Å²) in [5.74, 6) is 0.932. The first-order chi connectivity index (χ1) is 13.8. The zero-order valence-corrected chi connectivity index (χ0v) is 18.1. The summed E-state index contributed by atoms with van der Waals surface area (Å²) in [6.07, 6.45) is 8.33. The highest BCUT2D eigenvalue weighted by atomic mass is 32.2. The quantitative estimate of drug-likeness (QED) is 0.510. The Morgan fingerprint density at radius 2 is 1.89 bits per heavy atom. The molecule has 3 rings (SSSR count). The van der Waals surface area contributed by atoms with Gasteiger partial charge in [-0.1, -0.05) is 24.3 Å². The largest absolute Gasteiger partial charge is 0.381 e. The predicted octanol–water partition coefficient (Wildman–Crippen LogP) is 3.72. The summed E-state index contributed by atoms with van der Waals surface area (Å²) >= 11 is 1.98. The minimum atomic E-state index is 0.341. The van der Waals surface area contributed by atoms with Crippen molar-refractivity contribution in [3.63, 3.8) is 0 Å². The van der Waals surface area contributed by atoms with Crippen LogP contribution in [0.4, 0.5) is 0 Å². The second kappa shape index (κ2) is 11.7. The Hall–Kier alpha value is -1.24. The van der Waals surface area contributed by atoms with Crippen LogP contribution in [0.1, 0.15) is 50.2 Å². The van der Waals surface area contributed by atoms with E-state index in [0.29, 0.717) is 25.3 Å². The Balaban J connectivity index is 1.46. The molecule has 1 aliphatic carbocycles. The molecule has 2 atom stereocenters. The number of guanidine groups is 1. The predicted molar refractivity (Wildman–Crippen MR) is 118 cm³/mol. The van der Waals surface area contributed by atoms with Crippen molar-refractivity contribution in [3.8, 4) is 0 Å². The lowest BCUT2D eigenvalue weighted by molar-refractivity contribution is -0.0390. The van der Waals surface area contributed by atoms with E-state index in [4.69, 9.17) is 14.5 Å². The number of aliphatic imine (C=N–C) groups is 1. The summed E-state index contributed by atoms with van der Waals surface area (Å²) in [5.41, 5.74) is 2.44. The number of hydrogen-bond acceptors (Lipinski definition) is 4. The van der Waals surface area contributed by atoms with Crippen LogP contribution in [0.5, 0.6) is 0 Å². The van der Waals surface area contributed by atoms with Gasteiger partial charge >= 0.3 is 0 Å². The van der Waals surface area contributed by atoms with Gasteiger partial charge in [-0.2, -0.15) is 11.8 Å². The SMILES string of the molecule is CCNC(=NCc1ccc(COC2CCOCC2)cc1)NC1CCC(SC)C1. The molecule has 0 radical (unpaired) electrons. The minimum Gasteiger partial charge on any atom is -0.381 e. The molecule has 2 aliphatic rings. The lowest BCUT2D eigenvalue weighted by atomic mass is 10.1. The molecule has 0 amide bonds. The zero-order chi connectivity index (χ0) is 19.6. The van der Waals surface area contributed by atoms with Crippen LogP contribution >= 0.6 is 11.8 Å². The van der Waals surface area contributed by atoms with Gasteiger partial charge in [0.1, 0.15) is 0 Å². The highest BCUT2D eigenvalue weighted by Gasteiger charge is 2.24. The van der Waals surface area contributed by atoms with Crippen molar-refractivity contribution in [2.24, 2.45) is 4.99 Å². The van der Waals surface area contributed by atoms with Crippen molar-refractivity contribution >= 4 is 17.7 Å². The zero-order valence-electron chi connectivity index (χ0n) is 17.3. The van der Waals surface area contributed by atoms with Crippen molar-refractivity contribution in [3.05, 3.63) is 35.4 Å². The van der Waals surface area contributed by atoms with Crippen molar-refractivity contribution in [2.45, 2.75) is 69.6 Å². The third-order valence-corrected chi connectivity index (χ3v) is 6.59. The molecule has 28 heavy (non-hydrogen) atoms. The molecule has 0 aromatic heterocycles. The molecule has 1 aromatic rings. The van der Waals surface area contributed by atoms with Crippen LogP contribution in [0.3, 0.4) is 0 Å². The van der Waals surface area contributed by atoms with Gasteiger partial charge < -0.3 is 20.1 Å². The Kier molecular flexibility index (Phi) is 8.96. The first-order valence-corrected chi connectivity index (χ1v) is 11.9. The van der Waals surface area contributed by atoms with Gasteiger partial charge in [0.2, 0.25) is 0 Å². The summed E-state index contributed by atoms with van der Waals surface area (Å²) in [7, 11) is 0. The van der Waals surface area contributed by atoms with Crippen molar-refractivity contribution in [2.75, 3.05) is 26.0 Å². The number of hydrogen-bond donors (Lipinski definition) is 2. The Morgan fingerprint density at radius 1 is 1.14 bits per heavy atom. The fourth-order valence-electron chi connectivity index (χ4n) is 3.77. The van der Waals surface area contributed by atoms with E-state index in [1.165, 1.54) is 30.4 Å². The van der Waals surface area contributed by atoms with Crippen molar-refractivity contribution < 1.29 is 9.47 Å². The van der Waals surface area contributed by atoms with E-state index in [1.54, 1.807) is 0 Å². The topological polar surface area (TPSA) is 54.9 Å². The maximum absolute atomic E-state index is 6.00. The lowest BCUT2D eigenvalue weighted by Crippen LogP contribution is -2.42. The molecule has 1 aromatic carbocycles. The molecule has 1 saturated heterocycles. The van der Waals surface area contributed by atoms with E-state index in [0.717, 1.165) is 43.8 Å². The summed E-state index contributed by atoms with van der Waals surface area (Å²) in [5, 5.41) is 7.79. The van der Waals surface area contributed by atoms with Crippen LogP contribution in [-0.2, 0) is 22.6 Å². The van der Waals surface area contributed by atoms with Gasteiger partial charge in [0.15, 0.2) is 5.96 Å². The molecule has 5 nitrogen and oxygen atoms in total. The Bertz CT molecular complexity index is 602. The number of rotatable bonds is 8. The van der Waals surface area contributed by atoms with Crippen LogP contribution in [0.25, 0.3) is 0 Å². The fourth-order valence-corrected chi connectivity index (χ4v) is 4.56. The average molecular weight is 406 g/mol. The van der Waals surface area contributed by atoms with E-state index in [9.17, 15) is 0 Å². The number of nitrogens with one attached hydrogen (secondary N) is 2. The van der Waals surface area contributed by atoms with Gasteiger partial charge in [-0.05, 0) is 56.4 Å². The van der Waals surface area contributed by atoms with Gasteiger partial charge in [0.25, 0.3) is 0 Å². The molecule has 2 N–H and O–H groups in total. The molecule has 0 bridgehead atoms. The van der Waals surface area contributed by atoms with Crippen LogP contribution in [0.2, 0.25) is 0 Å². The van der Waals surface area contributed by atoms with Gasteiger partial charge in [-0.25, -0.2) is 4.99 Å². The highest BCUT2D eigenvalue weighted by Crippen LogP contribution is 2.28. The van der Waals surface area contributed by atoms with Gasteiger partial charge in [0.05, 0.1) is 19.3 Å². The number of ether oxygens (including phenoxy) is 2. The smallest absolute Gasteiger partial charge is 0.191 e. The monoisotopic (exact) mass is 405 g/mol. The number of nitrogens with zero attached hydrogens (tertiary/aromatic N) is 1. The summed E-state index contributed by atoms with van der Waals surface area (Å²) in [4.78, 5) is 4.79. The first kappa shape index (κ1) is 21.5. The molecule has 1 aliphatic heterocycles.